The van der Waals surface area contributed by atoms with Gasteiger partial charge in [-0.2, -0.15) is 18.3 Å². The van der Waals surface area contributed by atoms with Gasteiger partial charge < -0.3 is 10.2 Å². The maximum Gasteiger partial charge on any atom is 0.435 e. The highest BCUT2D eigenvalue weighted by Crippen LogP contribution is 2.32. The number of halogens is 3. The standard InChI is InChI=1S/C15H21F3N4O2/c1-8(2)13(23)19-6-10-4-5-22(7-10)14(24)11-9(3)20-21-12(11)15(16,17)18/h8,10H,4-7H2,1-3H3,(H,19,23)(H,20,21). The summed E-state index contributed by atoms with van der Waals surface area (Å²) in [5.41, 5.74) is -1.50. The Hall–Kier alpha value is -2.06. The van der Waals surface area contributed by atoms with Crippen LogP contribution in [0.1, 0.15) is 42.0 Å². The number of hydrogen-bond acceptors (Lipinski definition) is 3. The van der Waals surface area contributed by atoms with Gasteiger partial charge in [-0.1, -0.05) is 13.8 Å². The first-order chi connectivity index (χ1) is 11.1. The van der Waals surface area contributed by atoms with Crippen molar-refractivity contribution in [3.63, 3.8) is 0 Å². The molecule has 0 saturated carbocycles. The van der Waals surface area contributed by atoms with Crippen LogP contribution in [-0.2, 0) is 11.0 Å². The lowest BCUT2D eigenvalue weighted by Crippen LogP contribution is -2.35. The summed E-state index contributed by atoms with van der Waals surface area (Å²) in [5.74, 6) is -0.846. The van der Waals surface area contributed by atoms with Crippen LogP contribution in [0.3, 0.4) is 0 Å². The number of alkyl halides is 3. The van der Waals surface area contributed by atoms with Gasteiger partial charge in [0.2, 0.25) is 5.91 Å². The molecule has 2 rings (SSSR count). The number of likely N-dealkylation sites (tertiary alicyclic amines) is 1. The fourth-order valence-corrected chi connectivity index (χ4v) is 2.69. The summed E-state index contributed by atoms with van der Waals surface area (Å²) < 4.78 is 38.9. The van der Waals surface area contributed by atoms with E-state index < -0.39 is 23.3 Å². The van der Waals surface area contributed by atoms with E-state index in [1.54, 1.807) is 13.8 Å². The Balaban J connectivity index is 2.03. The van der Waals surface area contributed by atoms with Gasteiger partial charge in [-0.05, 0) is 19.3 Å². The maximum atomic E-state index is 13.0. The molecule has 0 radical (unpaired) electrons. The molecule has 134 valence electrons. The fraction of sp³-hybridized carbons (Fsp3) is 0.667. The lowest BCUT2D eigenvalue weighted by atomic mass is 10.1. The number of aryl methyl sites for hydroxylation is 1. The molecule has 1 aliphatic rings. The van der Waals surface area contributed by atoms with Crippen molar-refractivity contribution in [2.45, 2.75) is 33.4 Å². The molecule has 0 aromatic carbocycles. The Morgan fingerprint density at radius 1 is 1.42 bits per heavy atom. The first-order valence-corrected chi connectivity index (χ1v) is 7.80. The van der Waals surface area contributed by atoms with Crippen molar-refractivity contribution < 1.29 is 22.8 Å². The molecule has 0 bridgehead atoms. The van der Waals surface area contributed by atoms with Crippen molar-refractivity contribution in [3.8, 4) is 0 Å². The van der Waals surface area contributed by atoms with Gasteiger partial charge in [-0.3, -0.25) is 14.7 Å². The van der Waals surface area contributed by atoms with Gasteiger partial charge in [-0.15, -0.1) is 0 Å². The smallest absolute Gasteiger partial charge is 0.356 e. The molecule has 1 saturated heterocycles. The molecule has 2 heterocycles. The summed E-state index contributed by atoms with van der Waals surface area (Å²) in [5, 5.41) is 8.25. The van der Waals surface area contributed by atoms with Crippen LogP contribution in [0.2, 0.25) is 0 Å². The Labute approximate surface area is 137 Å². The molecule has 6 nitrogen and oxygen atoms in total. The number of carbonyl (C=O) groups is 2. The predicted molar refractivity (Wildman–Crippen MR) is 80.2 cm³/mol. The maximum absolute atomic E-state index is 13.0. The number of aromatic amines is 1. The van der Waals surface area contributed by atoms with E-state index in [1.165, 1.54) is 11.8 Å². The number of nitrogens with zero attached hydrogens (tertiary/aromatic N) is 2. The van der Waals surface area contributed by atoms with Gasteiger partial charge in [0.25, 0.3) is 5.91 Å². The monoisotopic (exact) mass is 346 g/mol. The molecule has 1 unspecified atom stereocenters. The van der Waals surface area contributed by atoms with E-state index in [0.717, 1.165) is 0 Å². The van der Waals surface area contributed by atoms with E-state index in [2.05, 4.69) is 15.5 Å². The second-order valence-electron chi connectivity index (χ2n) is 6.38. The number of hydrogen-bond donors (Lipinski definition) is 2. The van der Waals surface area contributed by atoms with Crippen LogP contribution in [0.5, 0.6) is 0 Å². The molecule has 2 amide bonds. The van der Waals surface area contributed by atoms with Gasteiger partial charge in [-0.25, -0.2) is 0 Å². The quantitative estimate of drug-likeness (QED) is 0.875. The Morgan fingerprint density at radius 3 is 2.67 bits per heavy atom. The predicted octanol–water partition coefficient (Wildman–Crippen LogP) is 1.97. The molecule has 9 heteroatoms. The lowest BCUT2D eigenvalue weighted by Gasteiger charge is -2.18. The van der Waals surface area contributed by atoms with Crippen molar-refractivity contribution in [2.75, 3.05) is 19.6 Å². The molecule has 1 aromatic rings. The van der Waals surface area contributed by atoms with E-state index >= 15 is 0 Å². The topological polar surface area (TPSA) is 78.1 Å². The number of amides is 2. The molecule has 1 atom stereocenters. The van der Waals surface area contributed by atoms with Crippen LogP contribution in [0.15, 0.2) is 0 Å². The molecular weight excluding hydrogens is 325 g/mol. The van der Waals surface area contributed by atoms with Crippen molar-refractivity contribution in [2.24, 2.45) is 11.8 Å². The second-order valence-corrected chi connectivity index (χ2v) is 6.38. The number of rotatable bonds is 4. The van der Waals surface area contributed by atoms with Crippen molar-refractivity contribution >= 4 is 11.8 Å². The van der Waals surface area contributed by atoms with E-state index in [1.807, 2.05) is 0 Å². The molecular formula is C15H21F3N4O2. The first kappa shape index (κ1) is 18.3. The first-order valence-electron chi connectivity index (χ1n) is 7.80. The zero-order chi connectivity index (χ0) is 18.1. The molecule has 24 heavy (non-hydrogen) atoms. The molecule has 1 fully saturated rings. The van der Waals surface area contributed by atoms with Gasteiger partial charge in [0, 0.05) is 31.2 Å². The third-order valence-corrected chi connectivity index (χ3v) is 4.09. The number of aromatic nitrogens is 2. The molecule has 2 N–H and O–H groups in total. The minimum atomic E-state index is -4.68. The molecule has 0 aliphatic carbocycles. The SMILES string of the molecule is Cc1[nH]nc(C(F)(F)F)c1C(=O)N1CCC(CNC(=O)C(C)C)C1. The molecule has 1 aromatic heterocycles. The van der Waals surface area contributed by atoms with Gasteiger partial charge in [0.05, 0.1) is 5.56 Å². The zero-order valence-electron chi connectivity index (χ0n) is 13.8. The largest absolute Gasteiger partial charge is 0.435 e. The molecule has 1 aliphatic heterocycles. The van der Waals surface area contributed by atoms with Crippen LogP contribution in [0, 0.1) is 18.8 Å². The van der Waals surface area contributed by atoms with E-state index in [4.69, 9.17) is 0 Å². The fourth-order valence-electron chi connectivity index (χ4n) is 2.69. The normalized spacial score (nSPS) is 18.3. The van der Waals surface area contributed by atoms with Crippen molar-refractivity contribution in [1.29, 1.82) is 0 Å². The number of carbonyl (C=O) groups excluding carboxylic acids is 2. The molecule has 0 spiro atoms. The van der Waals surface area contributed by atoms with Crippen LogP contribution >= 0.6 is 0 Å². The number of nitrogens with one attached hydrogen (secondary N) is 2. The summed E-state index contributed by atoms with van der Waals surface area (Å²) in [6.45, 7) is 6.05. The van der Waals surface area contributed by atoms with Gasteiger partial charge in [0.1, 0.15) is 0 Å². The van der Waals surface area contributed by atoms with Crippen molar-refractivity contribution in [1.82, 2.24) is 20.4 Å². The minimum Gasteiger partial charge on any atom is -0.356 e. The summed E-state index contributed by atoms with van der Waals surface area (Å²) >= 11 is 0. The highest BCUT2D eigenvalue weighted by molar-refractivity contribution is 5.96. The van der Waals surface area contributed by atoms with Crippen LogP contribution in [0.25, 0.3) is 0 Å². The zero-order valence-corrected chi connectivity index (χ0v) is 13.8. The minimum absolute atomic E-state index is 0.0400. The van der Waals surface area contributed by atoms with Crippen LogP contribution < -0.4 is 5.32 Å². The lowest BCUT2D eigenvalue weighted by molar-refractivity contribution is -0.141. The Bertz CT molecular complexity index is 625. The average molecular weight is 346 g/mol. The second kappa shape index (κ2) is 6.82. The van der Waals surface area contributed by atoms with Crippen LogP contribution in [-0.4, -0.2) is 46.5 Å². The summed E-state index contributed by atoms with van der Waals surface area (Å²) in [6, 6.07) is 0. The van der Waals surface area contributed by atoms with E-state index in [0.29, 0.717) is 26.1 Å². The van der Waals surface area contributed by atoms with Crippen LogP contribution in [0.4, 0.5) is 13.2 Å². The van der Waals surface area contributed by atoms with E-state index in [-0.39, 0.29) is 23.4 Å². The third kappa shape index (κ3) is 3.88. The van der Waals surface area contributed by atoms with Gasteiger partial charge in [0.15, 0.2) is 5.69 Å². The summed E-state index contributed by atoms with van der Waals surface area (Å²) in [6.07, 6.45) is -4.04. The Kier molecular flexibility index (Phi) is 5.19. The highest BCUT2D eigenvalue weighted by atomic mass is 19.4. The summed E-state index contributed by atoms with van der Waals surface area (Å²) in [7, 11) is 0. The average Bonchev–Trinajstić information content (AvgIpc) is 3.09. The number of H-pyrrole nitrogens is 1. The third-order valence-electron chi connectivity index (χ3n) is 4.09. The highest BCUT2D eigenvalue weighted by Gasteiger charge is 2.41. The van der Waals surface area contributed by atoms with Crippen molar-refractivity contribution in [3.05, 3.63) is 17.0 Å². The van der Waals surface area contributed by atoms with Gasteiger partial charge >= 0.3 is 6.18 Å². The Morgan fingerprint density at radius 2 is 2.08 bits per heavy atom. The summed E-state index contributed by atoms with van der Waals surface area (Å²) in [4.78, 5) is 25.4. The van der Waals surface area contributed by atoms with E-state index in [9.17, 15) is 22.8 Å².